The first-order valence-electron chi connectivity index (χ1n) is 10.8. The normalized spacial score (nSPS) is 14.5. The van der Waals surface area contributed by atoms with Gasteiger partial charge in [0.1, 0.15) is 24.0 Å². The number of aromatic nitrogens is 3. The summed E-state index contributed by atoms with van der Waals surface area (Å²) in [5, 5.41) is 16.4. The lowest BCUT2D eigenvalue weighted by atomic mass is 9.71. The molecule has 4 rings (SSSR count). The summed E-state index contributed by atoms with van der Waals surface area (Å²) in [5.74, 6) is 0.654. The molecule has 0 fully saturated rings. The van der Waals surface area contributed by atoms with Gasteiger partial charge < -0.3 is 9.84 Å². The Bertz CT molecular complexity index is 1110. The van der Waals surface area contributed by atoms with Crippen molar-refractivity contribution in [3.8, 4) is 16.9 Å². The second-order valence-corrected chi connectivity index (χ2v) is 9.07. The minimum atomic E-state index is -1.26. The molecule has 2 unspecified atom stereocenters. The van der Waals surface area contributed by atoms with E-state index in [2.05, 4.69) is 22.2 Å². The van der Waals surface area contributed by atoms with Crippen LogP contribution in [0.2, 0.25) is 0 Å². The second kappa shape index (κ2) is 8.97. The van der Waals surface area contributed by atoms with Crippen LogP contribution in [0.3, 0.4) is 0 Å². The lowest BCUT2D eigenvalue weighted by Crippen LogP contribution is -2.54. The summed E-state index contributed by atoms with van der Waals surface area (Å²) in [6.45, 7) is 6.05. The van der Waals surface area contributed by atoms with E-state index in [0.717, 1.165) is 16.7 Å². The third-order valence-corrected chi connectivity index (χ3v) is 5.91. The van der Waals surface area contributed by atoms with E-state index < -0.39 is 17.2 Å². The molecule has 0 amide bonds. The molecule has 0 bridgehead atoms. The van der Waals surface area contributed by atoms with Crippen molar-refractivity contribution in [3.05, 3.63) is 103 Å². The lowest BCUT2D eigenvalue weighted by Gasteiger charge is -2.45. The van der Waals surface area contributed by atoms with Gasteiger partial charge in [0.25, 0.3) is 0 Å². The maximum Gasteiger partial charge on any atom is 0.222 e. The molecular formula is C27H29N3O2. The maximum atomic E-state index is 12.1. The predicted octanol–water partition coefficient (Wildman–Crippen LogP) is 5.54. The first-order chi connectivity index (χ1) is 15.4. The molecule has 5 nitrogen and oxygen atoms in total. The molecule has 0 spiro atoms. The fraction of sp³-hybridized carbons (Fsp3) is 0.259. The summed E-state index contributed by atoms with van der Waals surface area (Å²) in [6, 6.07) is 28.1. The van der Waals surface area contributed by atoms with Crippen molar-refractivity contribution in [2.75, 3.05) is 0 Å². The lowest BCUT2D eigenvalue weighted by molar-refractivity contribution is -0.165. The van der Waals surface area contributed by atoms with Gasteiger partial charge in [-0.1, -0.05) is 93.6 Å². The standard InChI is InChI=1S/C27H29N3O2/c1-26(2,3)27(31,18-21-10-6-4-7-11-21)25(30-20-28-19-29-30)32-24-16-14-23(15-17-24)22-12-8-5-9-13-22/h4-17,19-20,25,31H,18H2,1-3H3. The minimum Gasteiger partial charge on any atom is -0.465 e. The molecule has 0 aliphatic heterocycles. The number of rotatable bonds is 7. The third-order valence-electron chi connectivity index (χ3n) is 5.91. The summed E-state index contributed by atoms with van der Waals surface area (Å²) in [7, 11) is 0. The molecule has 0 radical (unpaired) electrons. The van der Waals surface area contributed by atoms with Gasteiger partial charge in [-0.3, -0.25) is 0 Å². The second-order valence-electron chi connectivity index (χ2n) is 9.07. The zero-order chi connectivity index (χ0) is 22.6. The Balaban J connectivity index is 1.69. The molecule has 2 atom stereocenters. The van der Waals surface area contributed by atoms with Gasteiger partial charge in [0.05, 0.1) is 0 Å². The molecule has 1 N–H and O–H groups in total. The van der Waals surface area contributed by atoms with Crippen molar-refractivity contribution in [1.82, 2.24) is 14.8 Å². The summed E-state index contributed by atoms with van der Waals surface area (Å²) in [4.78, 5) is 4.10. The van der Waals surface area contributed by atoms with E-state index >= 15 is 0 Å². The van der Waals surface area contributed by atoms with Crippen molar-refractivity contribution < 1.29 is 9.84 Å². The largest absolute Gasteiger partial charge is 0.465 e. The van der Waals surface area contributed by atoms with Crippen LogP contribution in [0.5, 0.6) is 5.75 Å². The van der Waals surface area contributed by atoms with Gasteiger partial charge in [-0.25, -0.2) is 9.67 Å². The van der Waals surface area contributed by atoms with Crippen molar-refractivity contribution in [2.45, 2.75) is 39.0 Å². The van der Waals surface area contributed by atoms with E-state index in [0.29, 0.717) is 12.2 Å². The Labute approximate surface area is 189 Å². The molecule has 0 aliphatic rings. The molecule has 0 saturated carbocycles. The Kier molecular flexibility index (Phi) is 6.10. The molecule has 5 heteroatoms. The fourth-order valence-corrected chi connectivity index (χ4v) is 3.82. The number of benzene rings is 3. The molecule has 32 heavy (non-hydrogen) atoms. The number of ether oxygens (including phenoxy) is 1. The molecular weight excluding hydrogens is 398 g/mol. The highest BCUT2D eigenvalue weighted by Crippen LogP contribution is 2.42. The van der Waals surface area contributed by atoms with Crippen LogP contribution >= 0.6 is 0 Å². The number of nitrogens with zero attached hydrogens (tertiary/aromatic N) is 3. The highest BCUT2D eigenvalue weighted by atomic mass is 16.5. The van der Waals surface area contributed by atoms with Crippen LogP contribution in [0.25, 0.3) is 11.1 Å². The van der Waals surface area contributed by atoms with Gasteiger partial charge in [-0.05, 0) is 34.2 Å². The van der Waals surface area contributed by atoms with E-state index in [1.807, 2.05) is 93.6 Å². The monoisotopic (exact) mass is 427 g/mol. The summed E-state index contributed by atoms with van der Waals surface area (Å²) in [6.07, 6.45) is 2.68. The highest BCUT2D eigenvalue weighted by Gasteiger charge is 2.50. The van der Waals surface area contributed by atoms with Crippen LogP contribution in [0.15, 0.2) is 97.6 Å². The Hall–Kier alpha value is -3.44. The average Bonchev–Trinajstić information content (AvgIpc) is 3.33. The summed E-state index contributed by atoms with van der Waals surface area (Å²) >= 11 is 0. The number of hydrogen-bond donors (Lipinski definition) is 1. The molecule has 0 saturated heterocycles. The van der Waals surface area contributed by atoms with Crippen LogP contribution in [0.4, 0.5) is 0 Å². The van der Waals surface area contributed by atoms with Crippen LogP contribution in [0.1, 0.15) is 32.6 Å². The van der Waals surface area contributed by atoms with Gasteiger partial charge in [-0.15, -0.1) is 0 Å². The molecule has 1 heterocycles. The molecule has 0 aliphatic carbocycles. The quantitative estimate of drug-likeness (QED) is 0.420. The molecule has 4 aromatic rings. The van der Waals surface area contributed by atoms with Crippen molar-refractivity contribution in [3.63, 3.8) is 0 Å². The van der Waals surface area contributed by atoms with Gasteiger partial charge in [-0.2, -0.15) is 5.10 Å². The van der Waals surface area contributed by atoms with Crippen molar-refractivity contribution in [1.29, 1.82) is 0 Å². The maximum absolute atomic E-state index is 12.1. The average molecular weight is 428 g/mol. The molecule has 164 valence electrons. The Morgan fingerprint density at radius 1 is 0.844 bits per heavy atom. The Morgan fingerprint density at radius 3 is 2.00 bits per heavy atom. The fourth-order valence-electron chi connectivity index (χ4n) is 3.82. The van der Waals surface area contributed by atoms with Crippen LogP contribution in [-0.4, -0.2) is 25.5 Å². The number of aliphatic hydroxyl groups is 1. The van der Waals surface area contributed by atoms with E-state index in [-0.39, 0.29) is 0 Å². The number of hydrogen-bond acceptors (Lipinski definition) is 4. The topological polar surface area (TPSA) is 60.2 Å². The van der Waals surface area contributed by atoms with E-state index in [9.17, 15) is 5.11 Å². The van der Waals surface area contributed by atoms with Gasteiger partial charge in [0.2, 0.25) is 6.23 Å². The Morgan fingerprint density at radius 2 is 1.44 bits per heavy atom. The van der Waals surface area contributed by atoms with E-state index in [4.69, 9.17) is 4.74 Å². The summed E-state index contributed by atoms with van der Waals surface area (Å²) in [5.41, 5.74) is 1.50. The van der Waals surface area contributed by atoms with E-state index in [1.165, 1.54) is 6.33 Å². The van der Waals surface area contributed by atoms with Gasteiger partial charge >= 0.3 is 0 Å². The molecule has 1 aromatic heterocycles. The first-order valence-corrected chi connectivity index (χ1v) is 10.8. The van der Waals surface area contributed by atoms with Crippen LogP contribution in [0, 0.1) is 5.41 Å². The third kappa shape index (κ3) is 4.58. The first kappa shape index (κ1) is 21.8. The van der Waals surface area contributed by atoms with Gasteiger partial charge in [0, 0.05) is 6.42 Å². The predicted molar refractivity (Wildman–Crippen MR) is 126 cm³/mol. The minimum absolute atomic E-state index is 0.407. The van der Waals surface area contributed by atoms with Gasteiger partial charge in [0.15, 0.2) is 0 Å². The van der Waals surface area contributed by atoms with Crippen molar-refractivity contribution in [2.24, 2.45) is 5.41 Å². The van der Waals surface area contributed by atoms with Crippen LogP contribution < -0.4 is 4.74 Å². The SMILES string of the molecule is CC(C)(C)C(O)(Cc1ccccc1)C(Oc1ccc(-c2ccccc2)cc1)n1cncn1. The highest BCUT2D eigenvalue weighted by molar-refractivity contribution is 5.63. The van der Waals surface area contributed by atoms with E-state index in [1.54, 1.807) is 11.0 Å². The smallest absolute Gasteiger partial charge is 0.222 e. The van der Waals surface area contributed by atoms with Crippen LogP contribution in [-0.2, 0) is 6.42 Å². The van der Waals surface area contributed by atoms with Crippen molar-refractivity contribution >= 4 is 0 Å². The molecule has 3 aromatic carbocycles. The summed E-state index contributed by atoms with van der Waals surface area (Å²) < 4.78 is 8.02. The zero-order valence-electron chi connectivity index (χ0n) is 18.7. The zero-order valence-corrected chi connectivity index (χ0v) is 18.7.